The van der Waals surface area contributed by atoms with Gasteiger partial charge in [0.25, 0.3) is 5.91 Å². The van der Waals surface area contributed by atoms with Crippen molar-refractivity contribution in [3.05, 3.63) is 17.0 Å². The quantitative estimate of drug-likeness (QED) is 0.894. The minimum absolute atomic E-state index is 0.130. The molecule has 1 aromatic rings. The van der Waals surface area contributed by atoms with Gasteiger partial charge in [0.15, 0.2) is 0 Å². The van der Waals surface area contributed by atoms with Gasteiger partial charge in [0, 0.05) is 31.9 Å². The molecular formula is C14H24N4O. The summed E-state index contributed by atoms with van der Waals surface area (Å²) in [6.07, 6.45) is 2.23. The SMILES string of the molecule is CCNC1CCCN(C(=O)c2c(C)nn(C)c2C)C1. The van der Waals surface area contributed by atoms with Crippen molar-refractivity contribution >= 4 is 5.91 Å². The highest BCUT2D eigenvalue weighted by molar-refractivity contribution is 5.96. The highest BCUT2D eigenvalue weighted by Crippen LogP contribution is 2.18. The normalized spacial score (nSPS) is 19.8. The van der Waals surface area contributed by atoms with Crippen LogP contribution in [0.2, 0.25) is 0 Å². The van der Waals surface area contributed by atoms with E-state index in [-0.39, 0.29) is 5.91 Å². The van der Waals surface area contributed by atoms with Crippen LogP contribution in [0.15, 0.2) is 0 Å². The summed E-state index contributed by atoms with van der Waals surface area (Å²) >= 11 is 0. The lowest BCUT2D eigenvalue weighted by molar-refractivity contribution is 0.0694. The van der Waals surface area contributed by atoms with Gasteiger partial charge in [-0.2, -0.15) is 5.10 Å². The zero-order valence-electron chi connectivity index (χ0n) is 12.4. The Kier molecular flexibility index (Phi) is 4.24. The summed E-state index contributed by atoms with van der Waals surface area (Å²) in [4.78, 5) is 14.6. The molecule has 1 unspecified atom stereocenters. The van der Waals surface area contributed by atoms with E-state index in [2.05, 4.69) is 17.3 Å². The van der Waals surface area contributed by atoms with Crippen molar-refractivity contribution in [2.24, 2.45) is 7.05 Å². The first-order valence-corrected chi connectivity index (χ1v) is 7.07. The molecule has 2 heterocycles. The number of aromatic nitrogens is 2. The standard InChI is InChI=1S/C14H24N4O/c1-5-15-12-7-6-8-18(9-12)14(19)13-10(2)16-17(4)11(13)3/h12,15H,5-9H2,1-4H3. The molecule has 0 aliphatic carbocycles. The van der Waals surface area contributed by atoms with Crippen molar-refractivity contribution in [1.82, 2.24) is 20.0 Å². The topological polar surface area (TPSA) is 50.2 Å². The summed E-state index contributed by atoms with van der Waals surface area (Å²) in [6, 6.07) is 0.431. The van der Waals surface area contributed by atoms with E-state index in [0.29, 0.717) is 6.04 Å². The van der Waals surface area contributed by atoms with Gasteiger partial charge >= 0.3 is 0 Å². The number of likely N-dealkylation sites (N-methyl/N-ethyl adjacent to an activating group) is 1. The van der Waals surface area contributed by atoms with Gasteiger partial charge in [-0.05, 0) is 33.2 Å². The molecule has 1 N–H and O–H groups in total. The molecule has 19 heavy (non-hydrogen) atoms. The summed E-state index contributed by atoms with van der Waals surface area (Å²) in [6.45, 7) is 8.59. The smallest absolute Gasteiger partial charge is 0.257 e. The second-order valence-corrected chi connectivity index (χ2v) is 5.32. The van der Waals surface area contributed by atoms with E-state index < -0.39 is 0 Å². The molecule has 0 bridgehead atoms. The summed E-state index contributed by atoms with van der Waals surface area (Å²) in [5, 5.41) is 7.78. The molecule has 1 saturated heterocycles. The zero-order chi connectivity index (χ0) is 14.0. The average Bonchev–Trinajstić information content (AvgIpc) is 2.63. The van der Waals surface area contributed by atoms with Crippen LogP contribution < -0.4 is 5.32 Å². The monoisotopic (exact) mass is 264 g/mol. The molecule has 1 aliphatic heterocycles. The van der Waals surface area contributed by atoms with Crippen molar-refractivity contribution < 1.29 is 4.79 Å². The Labute approximate surface area is 115 Å². The van der Waals surface area contributed by atoms with Crippen molar-refractivity contribution in [1.29, 1.82) is 0 Å². The average molecular weight is 264 g/mol. The van der Waals surface area contributed by atoms with Crippen LogP contribution in [0.1, 0.15) is 41.5 Å². The maximum atomic E-state index is 12.6. The molecule has 1 atom stereocenters. The largest absolute Gasteiger partial charge is 0.337 e. The van der Waals surface area contributed by atoms with Gasteiger partial charge in [-0.15, -0.1) is 0 Å². The van der Waals surface area contributed by atoms with E-state index in [9.17, 15) is 4.79 Å². The number of aryl methyl sites for hydroxylation is 2. The highest BCUT2D eigenvalue weighted by Gasteiger charge is 2.27. The molecule has 1 aromatic heterocycles. The predicted octanol–water partition coefficient (Wildman–Crippen LogP) is 1.25. The van der Waals surface area contributed by atoms with E-state index in [1.54, 1.807) is 4.68 Å². The minimum Gasteiger partial charge on any atom is -0.337 e. The molecule has 0 spiro atoms. The Balaban J connectivity index is 2.15. The molecule has 0 saturated carbocycles. The second-order valence-electron chi connectivity index (χ2n) is 5.32. The fourth-order valence-electron chi connectivity index (χ4n) is 2.86. The number of carbonyl (C=O) groups excluding carboxylic acids is 1. The molecule has 2 rings (SSSR count). The van der Waals surface area contributed by atoms with Crippen LogP contribution in [0.4, 0.5) is 0 Å². The summed E-state index contributed by atoms with van der Waals surface area (Å²) in [5.41, 5.74) is 2.56. The molecule has 106 valence electrons. The molecule has 5 heteroatoms. The number of piperidine rings is 1. The first kappa shape index (κ1) is 14.1. The molecule has 1 amide bonds. The number of rotatable bonds is 3. The number of nitrogens with one attached hydrogen (secondary N) is 1. The number of amides is 1. The second kappa shape index (κ2) is 5.74. The van der Waals surface area contributed by atoms with Crippen LogP contribution >= 0.6 is 0 Å². The molecule has 1 aliphatic rings. The molecule has 0 aromatic carbocycles. The maximum absolute atomic E-state index is 12.6. The van der Waals surface area contributed by atoms with Crippen LogP contribution in [0.3, 0.4) is 0 Å². The van der Waals surface area contributed by atoms with E-state index >= 15 is 0 Å². The lowest BCUT2D eigenvalue weighted by atomic mass is 10.0. The van der Waals surface area contributed by atoms with Gasteiger partial charge in [-0.1, -0.05) is 6.92 Å². The Morgan fingerprint density at radius 3 is 2.79 bits per heavy atom. The Morgan fingerprint density at radius 1 is 1.47 bits per heavy atom. The van der Waals surface area contributed by atoms with E-state index in [1.807, 2.05) is 25.8 Å². The third kappa shape index (κ3) is 2.81. The molecule has 5 nitrogen and oxygen atoms in total. The first-order chi connectivity index (χ1) is 9.04. The third-order valence-corrected chi connectivity index (χ3v) is 3.92. The van der Waals surface area contributed by atoms with Crippen molar-refractivity contribution in [2.45, 2.75) is 39.7 Å². The summed E-state index contributed by atoms with van der Waals surface area (Å²) < 4.78 is 1.79. The van der Waals surface area contributed by atoms with Gasteiger partial charge in [0.05, 0.1) is 11.3 Å². The van der Waals surface area contributed by atoms with Gasteiger partial charge in [0.1, 0.15) is 0 Å². The van der Waals surface area contributed by atoms with Crippen LogP contribution in [-0.2, 0) is 7.05 Å². The van der Waals surface area contributed by atoms with Crippen LogP contribution in [0, 0.1) is 13.8 Å². The van der Waals surface area contributed by atoms with Gasteiger partial charge in [-0.25, -0.2) is 0 Å². The van der Waals surface area contributed by atoms with E-state index in [1.165, 1.54) is 0 Å². The number of likely N-dealkylation sites (tertiary alicyclic amines) is 1. The van der Waals surface area contributed by atoms with E-state index in [0.717, 1.165) is 49.4 Å². The van der Waals surface area contributed by atoms with Gasteiger partial charge < -0.3 is 10.2 Å². The fourth-order valence-corrected chi connectivity index (χ4v) is 2.86. The van der Waals surface area contributed by atoms with Crippen molar-refractivity contribution in [3.63, 3.8) is 0 Å². The predicted molar refractivity (Wildman–Crippen MR) is 75.3 cm³/mol. The lowest BCUT2D eigenvalue weighted by Crippen LogP contribution is -2.48. The zero-order valence-corrected chi connectivity index (χ0v) is 12.4. The number of hydrogen-bond acceptors (Lipinski definition) is 3. The molecule has 1 fully saturated rings. The number of carbonyl (C=O) groups is 1. The van der Waals surface area contributed by atoms with Crippen LogP contribution in [0.5, 0.6) is 0 Å². The Morgan fingerprint density at radius 2 is 2.21 bits per heavy atom. The van der Waals surface area contributed by atoms with Gasteiger partial charge in [0.2, 0.25) is 0 Å². The van der Waals surface area contributed by atoms with E-state index in [4.69, 9.17) is 0 Å². The molecule has 0 radical (unpaired) electrons. The summed E-state index contributed by atoms with van der Waals surface area (Å²) in [5.74, 6) is 0.130. The Hall–Kier alpha value is -1.36. The number of nitrogens with zero attached hydrogens (tertiary/aromatic N) is 3. The highest BCUT2D eigenvalue weighted by atomic mass is 16.2. The molecular weight excluding hydrogens is 240 g/mol. The lowest BCUT2D eigenvalue weighted by Gasteiger charge is -2.33. The van der Waals surface area contributed by atoms with Crippen molar-refractivity contribution in [2.75, 3.05) is 19.6 Å². The maximum Gasteiger partial charge on any atom is 0.257 e. The first-order valence-electron chi connectivity index (χ1n) is 7.07. The third-order valence-electron chi connectivity index (χ3n) is 3.92. The summed E-state index contributed by atoms with van der Waals surface area (Å²) in [7, 11) is 1.89. The minimum atomic E-state index is 0.130. The fraction of sp³-hybridized carbons (Fsp3) is 0.714. The van der Waals surface area contributed by atoms with Crippen molar-refractivity contribution in [3.8, 4) is 0 Å². The Bertz CT molecular complexity index is 464. The number of hydrogen-bond donors (Lipinski definition) is 1. The van der Waals surface area contributed by atoms with Gasteiger partial charge in [-0.3, -0.25) is 9.48 Å². The van der Waals surface area contributed by atoms with Crippen LogP contribution in [0.25, 0.3) is 0 Å². The van der Waals surface area contributed by atoms with Crippen LogP contribution in [-0.4, -0.2) is 46.3 Å².